The lowest BCUT2D eigenvalue weighted by molar-refractivity contribution is -0.147. The zero-order chi connectivity index (χ0) is 27.3. The Labute approximate surface area is 225 Å². The molecule has 0 unspecified atom stereocenters. The highest BCUT2D eigenvalue weighted by molar-refractivity contribution is 6.30. The van der Waals surface area contributed by atoms with Crippen LogP contribution in [0.15, 0.2) is 72.8 Å². The van der Waals surface area contributed by atoms with Crippen molar-refractivity contribution in [2.45, 2.75) is 19.8 Å². The Bertz CT molecular complexity index is 1250. The van der Waals surface area contributed by atoms with Crippen LogP contribution in [-0.4, -0.2) is 43.4 Å². The Hall–Kier alpha value is -4.37. The third-order valence-corrected chi connectivity index (χ3v) is 5.42. The van der Waals surface area contributed by atoms with E-state index in [0.29, 0.717) is 40.6 Å². The number of rotatable bonds is 12. The first kappa shape index (κ1) is 28.2. The fourth-order valence-electron chi connectivity index (χ4n) is 3.26. The standard InChI is InChI=1S/C28H28ClN3O6/c1-2-37-24-15-13-23(14-16-24)32-28(36)20-7-11-22(12-8-20)31-25(33)18-38-26(34)4-3-17-30-27(35)19-5-9-21(29)10-6-19/h5-16H,2-4,17-18H2,1H3,(H,30,35)(H,31,33)(H,32,36). The van der Waals surface area contributed by atoms with Crippen LogP contribution >= 0.6 is 11.6 Å². The van der Waals surface area contributed by atoms with E-state index in [0.717, 1.165) is 5.75 Å². The number of hydrogen-bond donors (Lipinski definition) is 3. The first-order valence-electron chi connectivity index (χ1n) is 12.0. The zero-order valence-electron chi connectivity index (χ0n) is 20.8. The second kappa shape index (κ2) is 14.4. The van der Waals surface area contributed by atoms with Crippen molar-refractivity contribution in [1.29, 1.82) is 0 Å². The van der Waals surface area contributed by atoms with Crippen molar-refractivity contribution >= 4 is 46.7 Å². The van der Waals surface area contributed by atoms with Crippen molar-refractivity contribution in [2.24, 2.45) is 0 Å². The van der Waals surface area contributed by atoms with Gasteiger partial charge in [-0.15, -0.1) is 0 Å². The molecule has 0 fully saturated rings. The van der Waals surface area contributed by atoms with E-state index in [9.17, 15) is 19.2 Å². The van der Waals surface area contributed by atoms with Gasteiger partial charge >= 0.3 is 5.97 Å². The lowest BCUT2D eigenvalue weighted by Crippen LogP contribution is -2.25. The third-order valence-electron chi connectivity index (χ3n) is 5.17. The van der Waals surface area contributed by atoms with Crippen LogP contribution in [0.1, 0.15) is 40.5 Å². The second-order valence-corrected chi connectivity index (χ2v) is 8.50. The molecule has 3 rings (SSSR count). The highest BCUT2D eigenvalue weighted by atomic mass is 35.5. The molecule has 0 aliphatic carbocycles. The Morgan fingerprint density at radius 3 is 2.00 bits per heavy atom. The van der Waals surface area contributed by atoms with Crippen LogP contribution in [0.25, 0.3) is 0 Å². The van der Waals surface area contributed by atoms with Gasteiger partial charge < -0.3 is 25.4 Å². The molecular weight excluding hydrogens is 510 g/mol. The monoisotopic (exact) mass is 537 g/mol. The molecule has 3 aromatic carbocycles. The molecule has 38 heavy (non-hydrogen) atoms. The van der Waals surface area contributed by atoms with Crippen LogP contribution in [0.4, 0.5) is 11.4 Å². The maximum absolute atomic E-state index is 12.5. The smallest absolute Gasteiger partial charge is 0.306 e. The molecule has 0 aliphatic rings. The minimum atomic E-state index is -0.554. The molecule has 0 radical (unpaired) electrons. The molecule has 3 N–H and O–H groups in total. The quantitative estimate of drug-likeness (QED) is 0.228. The minimum absolute atomic E-state index is 0.0480. The van der Waals surface area contributed by atoms with Gasteiger partial charge in [0.15, 0.2) is 6.61 Å². The zero-order valence-corrected chi connectivity index (χ0v) is 21.5. The van der Waals surface area contributed by atoms with Gasteiger partial charge in [0.1, 0.15) is 5.75 Å². The molecule has 0 bridgehead atoms. The number of nitrogens with one attached hydrogen (secondary N) is 3. The minimum Gasteiger partial charge on any atom is -0.494 e. The van der Waals surface area contributed by atoms with E-state index in [1.54, 1.807) is 72.8 Å². The van der Waals surface area contributed by atoms with E-state index in [1.165, 1.54) is 0 Å². The molecule has 198 valence electrons. The number of benzene rings is 3. The van der Waals surface area contributed by atoms with Gasteiger partial charge in [0, 0.05) is 40.5 Å². The molecule has 9 nitrogen and oxygen atoms in total. The molecule has 0 saturated heterocycles. The fourth-order valence-corrected chi connectivity index (χ4v) is 3.39. The Morgan fingerprint density at radius 2 is 1.34 bits per heavy atom. The summed E-state index contributed by atoms with van der Waals surface area (Å²) in [4.78, 5) is 48.5. The van der Waals surface area contributed by atoms with E-state index in [1.807, 2.05) is 6.92 Å². The highest BCUT2D eigenvalue weighted by Gasteiger charge is 2.11. The summed E-state index contributed by atoms with van der Waals surface area (Å²) in [6.07, 6.45) is 0.409. The highest BCUT2D eigenvalue weighted by Crippen LogP contribution is 2.17. The molecule has 0 spiro atoms. The van der Waals surface area contributed by atoms with Crippen LogP contribution in [0.5, 0.6) is 5.75 Å². The maximum Gasteiger partial charge on any atom is 0.306 e. The molecule has 0 aromatic heterocycles. The summed E-state index contributed by atoms with van der Waals surface area (Å²) < 4.78 is 10.4. The topological polar surface area (TPSA) is 123 Å². The van der Waals surface area contributed by atoms with E-state index in [4.69, 9.17) is 21.1 Å². The summed E-state index contributed by atoms with van der Waals surface area (Å²) in [5, 5.41) is 8.64. The first-order chi connectivity index (χ1) is 18.3. The van der Waals surface area contributed by atoms with Gasteiger partial charge in [0.05, 0.1) is 6.61 Å². The van der Waals surface area contributed by atoms with Crippen LogP contribution in [0.2, 0.25) is 5.02 Å². The van der Waals surface area contributed by atoms with Crippen LogP contribution in [0.3, 0.4) is 0 Å². The third kappa shape index (κ3) is 9.25. The molecule has 0 saturated carbocycles. The number of esters is 1. The number of anilines is 2. The normalized spacial score (nSPS) is 10.3. The number of carbonyl (C=O) groups is 4. The predicted octanol–water partition coefficient (Wildman–Crippen LogP) is 4.68. The molecule has 10 heteroatoms. The molecular formula is C28H28ClN3O6. The average Bonchev–Trinajstić information content (AvgIpc) is 2.92. The summed E-state index contributed by atoms with van der Waals surface area (Å²) in [6, 6.07) is 19.8. The average molecular weight is 538 g/mol. The van der Waals surface area contributed by atoms with Gasteiger partial charge in [0.2, 0.25) is 0 Å². The van der Waals surface area contributed by atoms with E-state index in [-0.39, 0.29) is 24.8 Å². The molecule has 3 amide bonds. The largest absolute Gasteiger partial charge is 0.494 e. The Balaban J connectivity index is 1.34. The fraction of sp³-hybridized carbons (Fsp3) is 0.214. The van der Waals surface area contributed by atoms with E-state index < -0.39 is 18.5 Å². The SMILES string of the molecule is CCOc1ccc(NC(=O)c2ccc(NC(=O)COC(=O)CCCNC(=O)c3ccc(Cl)cc3)cc2)cc1. The lowest BCUT2D eigenvalue weighted by Gasteiger charge is -2.09. The lowest BCUT2D eigenvalue weighted by atomic mass is 10.2. The molecule has 0 aliphatic heterocycles. The Morgan fingerprint density at radius 1 is 0.763 bits per heavy atom. The van der Waals surface area contributed by atoms with Gasteiger partial charge in [-0.05, 0) is 86.1 Å². The number of ether oxygens (including phenoxy) is 2. The van der Waals surface area contributed by atoms with Crippen molar-refractivity contribution in [3.05, 3.63) is 88.9 Å². The van der Waals surface area contributed by atoms with Gasteiger partial charge in [-0.1, -0.05) is 11.6 Å². The summed E-state index contributed by atoms with van der Waals surface area (Å²) in [5.74, 6) is -0.919. The maximum atomic E-state index is 12.5. The predicted molar refractivity (Wildman–Crippen MR) is 145 cm³/mol. The van der Waals surface area contributed by atoms with Gasteiger partial charge in [-0.2, -0.15) is 0 Å². The van der Waals surface area contributed by atoms with Crippen molar-refractivity contribution in [2.75, 3.05) is 30.4 Å². The van der Waals surface area contributed by atoms with E-state index in [2.05, 4.69) is 16.0 Å². The van der Waals surface area contributed by atoms with Crippen molar-refractivity contribution in [3.63, 3.8) is 0 Å². The number of amides is 3. The van der Waals surface area contributed by atoms with E-state index >= 15 is 0 Å². The summed E-state index contributed by atoms with van der Waals surface area (Å²) >= 11 is 5.80. The van der Waals surface area contributed by atoms with Crippen molar-refractivity contribution < 1.29 is 28.7 Å². The number of hydrogen-bond acceptors (Lipinski definition) is 6. The molecule has 3 aromatic rings. The second-order valence-electron chi connectivity index (χ2n) is 8.06. The van der Waals surface area contributed by atoms with Crippen molar-refractivity contribution in [3.8, 4) is 5.75 Å². The molecule has 0 atom stereocenters. The van der Waals surface area contributed by atoms with Gasteiger partial charge in [-0.25, -0.2) is 0 Å². The summed E-state index contributed by atoms with van der Waals surface area (Å²) in [6.45, 7) is 2.28. The molecule has 0 heterocycles. The Kier molecular flexibility index (Phi) is 10.7. The van der Waals surface area contributed by atoms with Crippen LogP contribution < -0.4 is 20.7 Å². The summed E-state index contributed by atoms with van der Waals surface area (Å²) in [5.41, 5.74) is 1.96. The van der Waals surface area contributed by atoms with Gasteiger partial charge in [-0.3, -0.25) is 19.2 Å². The number of carbonyl (C=O) groups excluding carboxylic acids is 4. The summed E-state index contributed by atoms with van der Waals surface area (Å²) in [7, 11) is 0. The van der Waals surface area contributed by atoms with Crippen LogP contribution in [-0.2, 0) is 14.3 Å². The van der Waals surface area contributed by atoms with Crippen LogP contribution in [0, 0.1) is 0 Å². The first-order valence-corrected chi connectivity index (χ1v) is 12.4. The van der Waals surface area contributed by atoms with Crippen molar-refractivity contribution in [1.82, 2.24) is 5.32 Å². The number of halogens is 1. The van der Waals surface area contributed by atoms with Gasteiger partial charge in [0.25, 0.3) is 17.7 Å².